The molecular weight excluding hydrogens is 388 g/mol. The number of aromatic nitrogens is 2. The number of hydrogen-bond acceptors (Lipinski definition) is 1. The minimum atomic E-state index is -0.00941. The first-order valence-corrected chi connectivity index (χ1v) is 11.2. The van der Waals surface area contributed by atoms with Gasteiger partial charge in [0.05, 0.1) is 16.6 Å². The summed E-state index contributed by atoms with van der Waals surface area (Å²) >= 11 is 0. The highest BCUT2D eigenvalue weighted by Gasteiger charge is 2.36. The van der Waals surface area contributed by atoms with Crippen molar-refractivity contribution in [2.75, 3.05) is 0 Å². The topological polar surface area (TPSA) is 17.8 Å². The number of para-hydroxylation sites is 2. The highest BCUT2D eigenvalue weighted by atomic mass is 15.1. The second kappa shape index (κ2) is 6.08. The molecule has 0 radical (unpaired) electrons. The van der Waals surface area contributed by atoms with Gasteiger partial charge >= 0.3 is 0 Å². The fourth-order valence-corrected chi connectivity index (χ4v) is 5.59. The van der Waals surface area contributed by atoms with E-state index in [1.807, 2.05) is 0 Å². The normalized spacial score (nSPS) is 14.2. The van der Waals surface area contributed by atoms with Gasteiger partial charge in [-0.1, -0.05) is 74.5 Å². The summed E-state index contributed by atoms with van der Waals surface area (Å²) in [5, 5.41) is 3.72. The van der Waals surface area contributed by atoms with Crippen LogP contribution in [0.25, 0.3) is 49.7 Å². The molecule has 0 saturated heterocycles. The van der Waals surface area contributed by atoms with Crippen molar-refractivity contribution in [1.82, 2.24) is 9.55 Å². The van der Waals surface area contributed by atoms with Gasteiger partial charge in [0.15, 0.2) is 0 Å². The second-order valence-electron chi connectivity index (χ2n) is 9.30. The molecule has 2 heteroatoms. The molecule has 7 rings (SSSR count). The Labute approximate surface area is 186 Å². The van der Waals surface area contributed by atoms with E-state index in [2.05, 4.69) is 115 Å². The first-order valence-electron chi connectivity index (χ1n) is 11.2. The zero-order chi connectivity index (χ0) is 21.4. The van der Waals surface area contributed by atoms with Crippen molar-refractivity contribution in [1.29, 1.82) is 0 Å². The van der Waals surface area contributed by atoms with Crippen LogP contribution in [0.15, 0.2) is 97.1 Å². The Balaban J connectivity index is 1.62. The Morgan fingerprint density at radius 1 is 0.625 bits per heavy atom. The van der Waals surface area contributed by atoms with Crippen LogP contribution in [-0.4, -0.2) is 9.55 Å². The van der Waals surface area contributed by atoms with Gasteiger partial charge in [-0.3, -0.25) is 4.57 Å². The highest BCUT2D eigenvalue weighted by Crippen LogP contribution is 2.50. The molecule has 2 nitrogen and oxygen atoms in total. The van der Waals surface area contributed by atoms with Crippen molar-refractivity contribution < 1.29 is 0 Å². The van der Waals surface area contributed by atoms with Crippen LogP contribution in [0.2, 0.25) is 0 Å². The maximum atomic E-state index is 5.05. The average Bonchev–Trinajstić information content (AvgIpc) is 3.27. The van der Waals surface area contributed by atoms with Gasteiger partial charge < -0.3 is 0 Å². The molecule has 0 saturated carbocycles. The number of nitrogens with zero attached hydrogens (tertiary/aromatic N) is 2. The number of pyridine rings is 1. The molecule has 6 aromatic rings. The van der Waals surface area contributed by atoms with Crippen LogP contribution >= 0.6 is 0 Å². The molecule has 1 aliphatic carbocycles. The maximum Gasteiger partial charge on any atom is 0.138 e. The summed E-state index contributed by atoms with van der Waals surface area (Å²) in [5.41, 5.74) is 8.90. The molecular formula is C30H22N2. The fraction of sp³-hybridized carbons (Fsp3) is 0.100. The average molecular weight is 411 g/mol. The molecule has 2 heterocycles. The Bertz CT molecular complexity index is 1700. The summed E-state index contributed by atoms with van der Waals surface area (Å²) in [6.45, 7) is 4.68. The lowest BCUT2D eigenvalue weighted by molar-refractivity contribution is 0.661. The summed E-state index contributed by atoms with van der Waals surface area (Å²) in [7, 11) is 0. The molecule has 2 aromatic heterocycles. The standard InChI is InChI=1S/C30H22N2/c1-30(2)24-12-6-4-10-20(24)22-18-28-23(17-25(22)30)21-11-5-8-14-27(21)32(28)29-16-15-19-9-3-7-13-26(19)31-29/h3-18H,1-2H3. The van der Waals surface area contributed by atoms with Crippen LogP contribution in [0.4, 0.5) is 0 Å². The molecule has 0 unspecified atom stereocenters. The zero-order valence-electron chi connectivity index (χ0n) is 18.1. The first-order chi connectivity index (χ1) is 15.6. The Kier molecular flexibility index (Phi) is 3.37. The molecule has 0 atom stereocenters. The lowest BCUT2D eigenvalue weighted by Gasteiger charge is -2.21. The van der Waals surface area contributed by atoms with Gasteiger partial charge in [-0.05, 0) is 58.7 Å². The number of rotatable bonds is 1. The molecule has 0 spiro atoms. The summed E-state index contributed by atoms with van der Waals surface area (Å²) in [4.78, 5) is 5.05. The number of benzene rings is 4. The third-order valence-electron chi connectivity index (χ3n) is 7.19. The maximum absolute atomic E-state index is 5.05. The van der Waals surface area contributed by atoms with E-state index in [0.717, 1.165) is 16.7 Å². The van der Waals surface area contributed by atoms with Gasteiger partial charge in [0, 0.05) is 21.6 Å². The third-order valence-corrected chi connectivity index (χ3v) is 7.19. The van der Waals surface area contributed by atoms with Crippen molar-refractivity contribution in [2.24, 2.45) is 0 Å². The molecule has 0 fully saturated rings. The van der Waals surface area contributed by atoms with Crippen molar-refractivity contribution in [2.45, 2.75) is 19.3 Å². The van der Waals surface area contributed by atoms with Gasteiger partial charge in [0.25, 0.3) is 0 Å². The zero-order valence-corrected chi connectivity index (χ0v) is 18.1. The molecule has 0 aliphatic heterocycles. The van der Waals surface area contributed by atoms with Gasteiger partial charge in [-0.15, -0.1) is 0 Å². The van der Waals surface area contributed by atoms with E-state index < -0.39 is 0 Å². The van der Waals surface area contributed by atoms with Crippen LogP contribution in [0, 0.1) is 0 Å². The molecule has 4 aromatic carbocycles. The largest absolute Gasteiger partial charge is 0.294 e. The van der Waals surface area contributed by atoms with Crippen molar-refractivity contribution in [3.63, 3.8) is 0 Å². The Hall–Kier alpha value is -3.91. The summed E-state index contributed by atoms with van der Waals surface area (Å²) in [6.07, 6.45) is 0. The fourth-order valence-electron chi connectivity index (χ4n) is 5.59. The highest BCUT2D eigenvalue weighted by molar-refractivity contribution is 6.11. The van der Waals surface area contributed by atoms with Crippen molar-refractivity contribution in [3.8, 4) is 16.9 Å². The van der Waals surface area contributed by atoms with Gasteiger partial charge in [0.2, 0.25) is 0 Å². The van der Waals surface area contributed by atoms with E-state index in [9.17, 15) is 0 Å². The van der Waals surface area contributed by atoms with Crippen LogP contribution in [0.5, 0.6) is 0 Å². The predicted octanol–water partition coefficient (Wildman–Crippen LogP) is 7.64. The number of hydrogen-bond donors (Lipinski definition) is 0. The van der Waals surface area contributed by atoms with Crippen LogP contribution in [0.3, 0.4) is 0 Å². The summed E-state index contributed by atoms with van der Waals surface area (Å²) in [5.74, 6) is 0.959. The quantitative estimate of drug-likeness (QED) is 0.272. The van der Waals surface area contributed by atoms with E-state index in [1.165, 1.54) is 44.1 Å². The minimum absolute atomic E-state index is 0.00941. The molecule has 0 N–H and O–H groups in total. The molecule has 0 bridgehead atoms. The van der Waals surface area contributed by atoms with Crippen molar-refractivity contribution in [3.05, 3.63) is 108 Å². The lowest BCUT2D eigenvalue weighted by atomic mass is 9.82. The summed E-state index contributed by atoms with van der Waals surface area (Å²) in [6, 6.07) is 35.0. The monoisotopic (exact) mass is 410 g/mol. The molecule has 32 heavy (non-hydrogen) atoms. The second-order valence-corrected chi connectivity index (χ2v) is 9.30. The van der Waals surface area contributed by atoms with Crippen molar-refractivity contribution >= 4 is 32.7 Å². The Morgan fingerprint density at radius 2 is 1.41 bits per heavy atom. The van der Waals surface area contributed by atoms with Crippen LogP contribution in [-0.2, 0) is 5.41 Å². The Morgan fingerprint density at radius 3 is 2.34 bits per heavy atom. The third kappa shape index (κ3) is 2.22. The minimum Gasteiger partial charge on any atom is -0.294 e. The van der Waals surface area contributed by atoms with Crippen LogP contribution < -0.4 is 0 Å². The molecule has 152 valence electrons. The predicted molar refractivity (Wildman–Crippen MR) is 134 cm³/mol. The summed E-state index contributed by atoms with van der Waals surface area (Å²) < 4.78 is 2.32. The van der Waals surface area contributed by atoms with E-state index in [4.69, 9.17) is 4.98 Å². The van der Waals surface area contributed by atoms with E-state index in [-0.39, 0.29) is 5.41 Å². The van der Waals surface area contributed by atoms with Crippen LogP contribution in [0.1, 0.15) is 25.0 Å². The van der Waals surface area contributed by atoms with E-state index in [1.54, 1.807) is 0 Å². The SMILES string of the molecule is CC1(C)c2ccccc2-c2cc3c(cc21)c1ccccc1n3-c1ccc2ccccc2n1. The lowest BCUT2D eigenvalue weighted by Crippen LogP contribution is -2.14. The first kappa shape index (κ1) is 17.7. The van der Waals surface area contributed by atoms with Gasteiger partial charge in [-0.2, -0.15) is 0 Å². The smallest absolute Gasteiger partial charge is 0.138 e. The van der Waals surface area contributed by atoms with E-state index >= 15 is 0 Å². The number of fused-ring (bicyclic) bond motifs is 7. The molecule has 0 amide bonds. The van der Waals surface area contributed by atoms with Gasteiger partial charge in [-0.25, -0.2) is 4.98 Å². The van der Waals surface area contributed by atoms with Gasteiger partial charge in [0.1, 0.15) is 5.82 Å². The molecule has 1 aliphatic rings. The van der Waals surface area contributed by atoms with E-state index in [0.29, 0.717) is 0 Å².